The molecule has 0 unspecified atom stereocenters. The van der Waals surface area contributed by atoms with Crippen LogP contribution >= 0.6 is 27.7 Å². The maximum atomic E-state index is 12.0. The van der Waals surface area contributed by atoms with Gasteiger partial charge in [0.1, 0.15) is 0 Å². The predicted molar refractivity (Wildman–Crippen MR) is 102 cm³/mol. The van der Waals surface area contributed by atoms with Crippen LogP contribution in [-0.4, -0.2) is 24.1 Å². The van der Waals surface area contributed by atoms with E-state index in [4.69, 9.17) is 0 Å². The van der Waals surface area contributed by atoms with Gasteiger partial charge in [0.15, 0.2) is 0 Å². The van der Waals surface area contributed by atoms with Crippen molar-refractivity contribution < 1.29 is 9.59 Å². The zero-order chi connectivity index (χ0) is 16.9. The molecule has 2 amide bonds. The number of carbonyl (C=O) groups is 2. The Balaban J connectivity index is 1.52. The Kier molecular flexibility index (Phi) is 5.58. The van der Waals surface area contributed by atoms with Gasteiger partial charge < -0.3 is 10.2 Å². The van der Waals surface area contributed by atoms with Gasteiger partial charge in [0.2, 0.25) is 11.8 Å². The van der Waals surface area contributed by atoms with E-state index in [-0.39, 0.29) is 11.8 Å². The van der Waals surface area contributed by atoms with E-state index >= 15 is 0 Å². The lowest BCUT2D eigenvalue weighted by molar-refractivity contribution is -0.117. The summed E-state index contributed by atoms with van der Waals surface area (Å²) >= 11 is 4.89. The molecule has 0 radical (unpaired) electrons. The van der Waals surface area contributed by atoms with E-state index in [2.05, 4.69) is 21.2 Å². The molecule has 0 spiro atoms. The van der Waals surface area contributed by atoms with E-state index in [0.717, 1.165) is 33.7 Å². The number of hydrogen-bond donors (Lipinski definition) is 1. The molecule has 3 rings (SSSR count). The average Bonchev–Trinajstić information content (AvgIpc) is 3.01. The molecular formula is C18H17BrN2O2S. The summed E-state index contributed by atoms with van der Waals surface area (Å²) in [5, 5.41) is 2.88. The molecule has 0 aromatic heterocycles. The first-order valence-electron chi connectivity index (χ1n) is 7.70. The van der Waals surface area contributed by atoms with E-state index in [9.17, 15) is 9.59 Å². The summed E-state index contributed by atoms with van der Waals surface area (Å²) in [6.45, 7) is 0.772. The van der Waals surface area contributed by atoms with Gasteiger partial charge >= 0.3 is 0 Å². The van der Waals surface area contributed by atoms with E-state index in [1.807, 2.05) is 48.5 Å². The van der Waals surface area contributed by atoms with Crippen molar-refractivity contribution in [3.63, 3.8) is 0 Å². The van der Waals surface area contributed by atoms with Gasteiger partial charge in [0.25, 0.3) is 0 Å². The molecule has 1 aliphatic rings. The SMILES string of the molecule is O=C(CSc1ccc(Br)cc1)Nc1ccc(N2CCCC2=O)cc1. The molecular weight excluding hydrogens is 388 g/mol. The van der Waals surface area contributed by atoms with E-state index in [1.165, 1.54) is 11.8 Å². The van der Waals surface area contributed by atoms with Crippen molar-refractivity contribution in [1.82, 2.24) is 0 Å². The standard InChI is InChI=1S/C18H17BrN2O2S/c19-13-3-9-16(10-4-13)24-12-17(22)20-14-5-7-15(8-6-14)21-11-1-2-18(21)23/h3-10H,1-2,11-12H2,(H,20,22). The molecule has 0 atom stereocenters. The van der Waals surface area contributed by atoms with Crippen LogP contribution in [0.2, 0.25) is 0 Å². The highest BCUT2D eigenvalue weighted by Gasteiger charge is 2.21. The van der Waals surface area contributed by atoms with Gasteiger partial charge in [-0.3, -0.25) is 9.59 Å². The largest absolute Gasteiger partial charge is 0.325 e. The maximum Gasteiger partial charge on any atom is 0.234 e. The molecule has 1 saturated heterocycles. The van der Waals surface area contributed by atoms with Gasteiger partial charge in [-0.15, -0.1) is 11.8 Å². The molecule has 1 aliphatic heterocycles. The third kappa shape index (κ3) is 4.39. The Morgan fingerprint density at radius 3 is 2.46 bits per heavy atom. The summed E-state index contributed by atoms with van der Waals surface area (Å²) in [4.78, 5) is 26.6. The minimum Gasteiger partial charge on any atom is -0.325 e. The Hall–Kier alpha value is -1.79. The van der Waals surface area contributed by atoms with Crippen molar-refractivity contribution >= 4 is 50.9 Å². The minimum absolute atomic E-state index is 0.0482. The number of amides is 2. The molecule has 0 aliphatic carbocycles. The Bertz CT molecular complexity index is 732. The minimum atomic E-state index is -0.0482. The van der Waals surface area contributed by atoms with Crippen molar-refractivity contribution in [2.24, 2.45) is 0 Å². The molecule has 2 aromatic carbocycles. The fourth-order valence-electron chi connectivity index (χ4n) is 2.52. The van der Waals surface area contributed by atoms with Crippen molar-refractivity contribution in [2.75, 3.05) is 22.5 Å². The Morgan fingerprint density at radius 1 is 1.12 bits per heavy atom. The predicted octanol–water partition coefficient (Wildman–Crippen LogP) is 4.31. The van der Waals surface area contributed by atoms with Gasteiger partial charge in [-0.2, -0.15) is 0 Å². The first kappa shape index (κ1) is 17.0. The smallest absolute Gasteiger partial charge is 0.234 e. The number of nitrogens with zero attached hydrogens (tertiary/aromatic N) is 1. The second-order valence-corrected chi connectivity index (χ2v) is 7.45. The van der Waals surface area contributed by atoms with Gasteiger partial charge in [0, 0.05) is 33.7 Å². The van der Waals surface area contributed by atoms with Crippen molar-refractivity contribution in [2.45, 2.75) is 17.7 Å². The van der Waals surface area contributed by atoms with Gasteiger partial charge in [-0.1, -0.05) is 15.9 Å². The first-order chi connectivity index (χ1) is 11.6. The van der Waals surface area contributed by atoms with Crippen molar-refractivity contribution in [3.05, 3.63) is 53.0 Å². The summed E-state index contributed by atoms with van der Waals surface area (Å²) in [5.41, 5.74) is 1.63. The van der Waals surface area contributed by atoms with Crippen LogP contribution in [0.3, 0.4) is 0 Å². The lowest BCUT2D eigenvalue weighted by Crippen LogP contribution is -2.23. The molecule has 6 heteroatoms. The summed E-state index contributed by atoms with van der Waals surface area (Å²) < 4.78 is 1.02. The van der Waals surface area contributed by atoms with Gasteiger partial charge in [-0.25, -0.2) is 0 Å². The number of halogens is 1. The molecule has 24 heavy (non-hydrogen) atoms. The monoisotopic (exact) mass is 404 g/mol. The number of rotatable bonds is 5. The normalized spacial score (nSPS) is 14.0. The number of anilines is 2. The Labute approximate surface area is 153 Å². The number of benzene rings is 2. The van der Waals surface area contributed by atoms with E-state index < -0.39 is 0 Å². The fourth-order valence-corrected chi connectivity index (χ4v) is 3.49. The van der Waals surface area contributed by atoms with Gasteiger partial charge in [-0.05, 0) is 55.0 Å². The van der Waals surface area contributed by atoms with E-state index in [1.54, 1.807) is 4.90 Å². The highest BCUT2D eigenvalue weighted by molar-refractivity contribution is 9.10. The van der Waals surface area contributed by atoms with E-state index in [0.29, 0.717) is 12.2 Å². The summed E-state index contributed by atoms with van der Waals surface area (Å²) in [6, 6.07) is 15.3. The number of thioether (sulfide) groups is 1. The molecule has 2 aromatic rings. The molecule has 0 bridgehead atoms. The lowest BCUT2D eigenvalue weighted by Gasteiger charge is -2.16. The quantitative estimate of drug-likeness (QED) is 0.755. The highest BCUT2D eigenvalue weighted by Crippen LogP contribution is 2.24. The van der Waals surface area contributed by atoms with Crippen LogP contribution in [0.5, 0.6) is 0 Å². The van der Waals surface area contributed by atoms with Crippen molar-refractivity contribution in [1.29, 1.82) is 0 Å². The molecule has 1 N–H and O–H groups in total. The van der Waals surface area contributed by atoms with Crippen LogP contribution in [0.15, 0.2) is 57.9 Å². The molecule has 1 heterocycles. The molecule has 4 nitrogen and oxygen atoms in total. The zero-order valence-corrected chi connectivity index (χ0v) is 15.4. The first-order valence-corrected chi connectivity index (χ1v) is 9.48. The van der Waals surface area contributed by atoms with Crippen LogP contribution < -0.4 is 10.2 Å². The topological polar surface area (TPSA) is 49.4 Å². The number of nitrogens with one attached hydrogen (secondary N) is 1. The maximum absolute atomic E-state index is 12.0. The lowest BCUT2D eigenvalue weighted by atomic mass is 10.2. The zero-order valence-electron chi connectivity index (χ0n) is 13.0. The van der Waals surface area contributed by atoms with Crippen LogP contribution in [-0.2, 0) is 9.59 Å². The molecule has 1 fully saturated rings. The second-order valence-electron chi connectivity index (χ2n) is 5.49. The van der Waals surface area contributed by atoms with Gasteiger partial charge in [0.05, 0.1) is 5.75 Å². The summed E-state index contributed by atoms with van der Waals surface area (Å²) in [6.07, 6.45) is 1.52. The average molecular weight is 405 g/mol. The second kappa shape index (κ2) is 7.85. The molecule has 124 valence electrons. The van der Waals surface area contributed by atoms with Crippen LogP contribution in [0.4, 0.5) is 11.4 Å². The third-order valence-electron chi connectivity index (χ3n) is 3.72. The molecule has 0 saturated carbocycles. The number of hydrogen-bond acceptors (Lipinski definition) is 3. The summed E-state index contributed by atoms with van der Waals surface area (Å²) in [5.74, 6) is 0.471. The Morgan fingerprint density at radius 2 is 1.83 bits per heavy atom. The van der Waals surface area contributed by atoms with Crippen molar-refractivity contribution in [3.8, 4) is 0 Å². The third-order valence-corrected chi connectivity index (χ3v) is 5.26. The van der Waals surface area contributed by atoms with Crippen LogP contribution in [0.1, 0.15) is 12.8 Å². The van der Waals surface area contributed by atoms with Crippen LogP contribution in [0, 0.1) is 0 Å². The number of carbonyl (C=O) groups excluding carboxylic acids is 2. The van der Waals surface area contributed by atoms with Crippen LogP contribution in [0.25, 0.3) is 0 Å². The highest BCUT2D eigenvalue weighted by atomic mass is 79.9. The fraction of sp³-hybridized carbons (Fsp3) is 0.222. The summed E-state index contributed by atoms with van der Waals surface area (Å²) in [7, 11) is 0.